The van der Waals surface area contributed by atoms with Crippen LogP contribution in [0.25, 0.3) is 0 Å². The first-order valence-electron chi connectivity index (χ1n) is 7.67. The minimum atomic E-state index is -3.21. The maximum atomic E-state index is 10.6. The third kappa shape index (κ3) is 5.47. The molecule has 0 amide bonds. The second-order valence-corrected chi connectivity index (χ2v) is 3.66. The van der Waals surface area contributed by atoms with Crippen molar-refractivity contribution in [3.05, 3.63) is 29.8 Å². The van der Waals surface area contributed by atoms with Crippen LogP contribution < -0.4 is 10.1 Å². The van der Waals surface area contributed by atoms with Crippen LogP contribution in [0.4, 0.5) is 0 Å². The molecular formula is C13H19NO3. The molecule has 17 heavy (non-hydrogen) atoms. The standard InChI is InChI=1S/C13H19NO3/c1-10(2)14-7-12(16)9-17-13-5-3-11(8-15)4-6-13/h3-6,8,10,12,14,16H,7,9H2,1-2H3/i7D2,9D2,12D. The third-order valence-corrected chi connectivity index (χ3v) is 1.76. The normalized spacial score (nSPS) is 20.4. The molecule has 0 aliphatic carbocycles. The lowest BCUT2D eigenvalue weighted by atomic mass is 10.2. The predicted molar refractivity (Wildman–Crippen MR) is 66.5 cm³/mol. The van der Waals surface area contributed by atoms with Crippen LogP contribution in [-0.2, 0) is 0 Å². The monoisotopic (exact) mass is 242 g/mol. The largest absolute Gasteiger partial charge is 0.491 e. The summed E-state index contributed by atoms with van der Waals surface area (Å²) in [6.45, 7) is -2.60. The van der Waals surface area contributed by atoms with Crippen LogP contribution in [0.5, 0.6) is 5.75 Å². The highest BCUT2D eigenvalue weighted by Gasteiger charge is 2.05. The maximum Gasteiger partial charge on any atom is 0.150 e. The Kier molecular flexibility index (Phi) is 3.25. The van der Waals surface area contributed by atoms with Crippen molar-refractivity contribution in [2.24, 2.45) is 0 Å². The Hall–Kier alpha value is -1.39. The van der Waals surface area contributed by atoms with Gasteiger partial charge in [-0.15, -0.1) is 0 Å². The predicted octanol–water partition coefficient (Wildman–Crippen LogP) is 1.24. The Bertz CT molecular complexity index is 517. The van der Waals surface area contributed by atoms with Crippen molar-refractivity contribution < 1.29 is 21.5 Å². The van der Waals surface area contributed by atoms with E-state index in [0.717, 1.165) is 0 Å². The summed E-state index contributed by atoms with van der Waals surface area (Å²) in [7, 11) is 0. The van der Waals surface area contributed by atoms with E-state index in [0.29, 0.717) is 11.8 Å². The summed E-state index contributed by atoms with van der Waals surface area (Å²) < 4.78 is 43.5. The van der Waals surface area contributed by atoms with Gasteiger partial charge in [0.25, 0.3) is 0 Å². The summed E-state index contributed by atoms with van der Waals surface area (Å²) in [5.74, 6) is -0.0402. The molecule has 0 aliphatic heterocycles. The molecule has 4 nitrogen and oxygen atoms in total. The topological polar surface area (TPSA) is 58.6 Å². The van der Waals surface area contributed by atoms with Gasteiger partial charge in [-0.3, -0.25) is 4.79 Å². The van der Waals surface area contributed by atoms with Gasteiger partial charge >= 0.3 is 0 Å². The lowest BCUT2D eigenvalue weighted by Crippen LogP contribution is -2.35. The van der Waals surface area contributed by atoms with E-state index in [4.69, 9.17) is 11.6 Å². The second-order valence-electron chi connectivity index (χ2n) is 3.66. The average Bonchev–Trinajstić information content (AvgIpc) is 2.37. The lowest BCUT2D eigenvalue weighted by Gasteiger charge is -2.14. The van der Waals surface area contributed by atoms with E-state index in [9.17, 15) is 9.90 Å². The molecule has 0 radical (unpaired) electrons. The Labute approximate surface area is 109 Å². The number of aliphatic hydroxyl groups is 1. The van der Waals surface area contributed by atoms with Crippen LogP contribution in [0.2, 0.25) is 0 Å². The zero-order chi connectivity index (χ0) is 17.2. The van der Waals surface area contributed by atoms with Gasteiger partial charge in [0.1, 0.15) is 24.7 Å². The van der Waals surface area contributed by atoms with Gasteiger partial charge in [-0.2, -0.15) is 0 Å². The van der Waals surface area contributed by atoms with E-state index in [1.54, 1.807) is 13.8 Å². The van der Waals surface area contributed by atoms with E-state index < -0.39 is 25.2 Å². The molecule has 2 N–H and O–H groups in total. The number of aldehydes is 1. The number of hydrogen-bond acceptors (Lipinski definition) is 4. The van der Waals surface area contributed by atoms with E-state index in [-0.39, 0.29) is 5.75 Å². The van der Waals surface area contributed by atoms with Crippen LogP contribution in [0, 0.1) is 0 Å². The van der Waals surface area contributed by atoms with Gasteiger partial charge in [0.2, 0.25) is 0 Å². The average molecular weight is 242 g/mol. The van der Waals surface area contributed by atoms with E-state index in [2.05, 4.69) is 5.32 Å². The summed E-state index contributed by atoms with van der Waals surface area (Å²) in [4.78, 5) is 10.6. The van der Waals surface area contributed by atoms with Crippen molar-refractivity contribution in [2.45, 2.75) is 26.0 Å². The summed E-state index contributed by atoms with van der Waals surface area (Å²) in [6.07, 6.45) is -2.61. The van der Waals surface area contributed by atoms with Crippen molar-refractivity contribution in [2.75, 3.05) is 13.1 Å². The van der Waals surface area contributed by atoms with Gasteiger partial charge in [-0.05, 0) is 24.3 Å². The number of nitrogens with one attached hydrogen (secondary N) is 1. The number of hydrogen-bond donors (Lipinski definition) is 2. The van der Waals surface area contributed by atoms with Crippen molar-refractivity contribution in [3.63, 3.8) is 0 Å². The number of ether oxygens (including phenoxy) is 1. The molecule has 0 saturated carbocycles. The minimum Gasteiger partial charge on any atom is -0.491 e. The molecule has 1 atom stereocenters. The molecule has 0 bridgehead atoms. The summed E-state index contributed by atoms with van der Waals surface area (Å²) in [6, 6.07) is 4.92. The third-order valence-electron chi connectivity index (χ3n) is 1.76. The molecule has 1 unspecified atom stereocenters. The van der Waals surface area contributed by atoms with E-state index in [1.807, 2.05) is 0 Å². The SMILES string of the molecule is [2H]C([2H])(NC(C)C)C([2H])(O)C([2H])([2H])Oc1ccc(C=O)cc1. The highest BCUT2D eigenvalue weighted by molar-refractivity contribution is 5.74. The van der Waals surface area contributed by atoms with Gasteiger partial charge in [0.05, 0.1) is 4.11 Å². The van der Waals surface area contributed by atoms with Gasteiger partial charge in [-0.1, -0.05) is 13.8 Å². The Balaban J connectivity index is 3.01. The highest BCUT2D eigenvalue weighted by Crippen LogP contribution is 2.11. The quantitative estimate of drug-likeness (QED) is 0.706. The first kappa shape index (κ1) is 7.84. The van der Waals surface area contributed by atoms with Crippen LogP contribution in [0.15, 0.2) is 24.3 Å². The molecule has 0 aromatic heterocycles. The molecular weight excluding hydrogens is 218 g/mol. The zero-order valence-corrected chi connectivity index (χ0v) is 9.73. The number of carbonyl (C=O) groups excluding carboxylic acids is 1. The smallest absolute Gasteiger partial charge is 0.150 e. The first-order chi connectivity index (χ1) is 9.93. The van der Waals surface area contributed by atoms with Crippen molar-refractivity contribution in [3.8, 4) is 5.75 Å². The molecule has 1 aromatic carbocycles. The Morgan fingerprint density at radius 2 is 2.18 bits per heavy atom. The van der Waals surface area contributed by atoms with E-state index in [1.165, 1.54) is 24.3 Å². The van der Waals surface area contributed by atoms with Gasteiger partial charge in [-0.25, -0.2) is 0 Å². The molecule has 1 aromatic rings. The molecule has 0 heterocycles. The molecule has 0 fully saturated rings. The summed E-state index contributed by atoms with van der Waals surface area (Å²) in [5, 5.41) is 12.4. The molecule has 94 valence electrons. The first-order valence-corrected chi connectivity index (χ1v) is 5.17. The van der Waals surface area contributed by atoms with Gasteiger partial charge in [0.15, 0.2) is 0 Å². The Morgan fingerprint density at radius 1 is 1.53 bits per heavy atom. The molecule has 0 spiro atoms. The van der Waals surface area contributed by atoms with Crippen LogP contribution >= 0.6 is 0 Å². The van der Waals surface area contributed by atoms with Crippen LogP contribution in [0.3, 0.4) is 0 Å². The second kappa shape index (κ2) is 7.04. The Morgan fingerprint density at radius 3 is 2.71 bits per heavy atom. The minimum absolute atomic E-state index is 0.0402. The molecule has 4 heteroatoms. The molecule has 0 aliphatic rings. The summed E-state index contributed by atoms with van der Waals surface area (Å²) in [5.41, 5.74) is 0.353. The van der Waals surface area contributed by atoms with Crippen molar-refractivity contribution in [1.29, 1.82) is 0 Å². The fraction of sp³-hybridized carbons (Fsp3) is 0.462. The fourth-order valence-electron chi connectivity index (χ4n) is 0.960. The van der Waals surface area contributed by atoms with Crippen LogP contribution in [0.1, 0.15) is 31.1 Å². The zero-order valence-electron chi connectivity index (χ0n) is 14.7. The molecule has 1 rings (SSSR count). The van der Waals surface area contributed by atoms with Crippen molar-refractivity contribution >= 4 is 6.29 Å². The van der Waals surface area contributed by atoms with Crippen LogP contribution in [-0.4, -0.2) is 36.6 Å². The molecule has 0 saturated heterocycles. The van der Waals surface area contributed by atoms with Gasteiger partial charge < -0.3 is 15.2 Å². The maximum absolute atomic E-state index is 10.6. The number of benzene rings is 1. The van der Waals surface area contributed by atoms with Crippen molar-refractivity contribution in [1.82, 2.24) is 5.32 Å². The lowest BCUT2D eigenvalue weighted by molar-refractivity contribution is 0.104. The van der Waals surface area contributed by atoms with Gasteiger partial charge in [0, 0.05) is 20.8 Å². The fourth-order valence-corrected chi connectivity index (χ4v) is 0.960. The highest BCUT2D eigenvalue weighted by atomic mass is 16.5. The summed E-state index contributed by atoms with van der Waals surface area (Å²) >= 11 is 0. The van der Waals surface area contributed by atoms with E-state index >= 15 is 0 Å². The number of rotatable bonds is 7. The number of carbonyl (C=O) groups is 1.